The molecule has 3 N–H and O–H groups in total. The molecule has 1 amide bonds. The number of hydrogen-bond donors (Lipinski definition) is 2. The second kappa shape index (κ2) is 7.00. The summed E-state index contributed by atoms with van der Waals surface area (Å²) in [5.41, 5.74) is 6.12. The van der Waals surface area contributed by atoms with Crippen molar-refractivity contribution in [3.05, 3.63) is 17.7 Å². The van der Waals surface area contributed by atoms with E-state index in [2.05, 4.69) is 0 Å². The molecule has 0 unspecified atom stereocenters. The lowest BCUT2D eigenvalue weighted by molar-refractivity contribution is -0.119. The molecule has 6 heteroatoms. The van der Waals surface area contributed by atoms with Crippen LogP contribution >= 0.6 is 0 Å². The molecule has 1 rings (SSSR count). The van der Waals surface area contributed by atoms with Crippen molar-refractivity contribution in [1.82, 2.24) is 4.90 Å². The van der Waals surface area contributed by atoms with Gasteiger partial charge in [-0.2, -0.15) is 0 Å². The SMILES string of the molecule is COc1cc(CN(CC(N)=O)C(C)C)cc(OC)c1O. The van der Waals surface area contributed by atoms with Crippen LogP contribution in [0.15, 0.2) is 12.1 Å². The van der Waals surface area contributed by atoms with E-state index < -0.39 is 0 Å². The summed E-state index contributed by atoms with van der Waals surface area (Å²) in [7, 11) is 2.95. The van der Waals surface area contributed by atoms with E-state index in [1.54, 1.807) is 12.1 Å². The topological polar surface area (TPSA) is 85.0 Å². The smallest absolute Gasteiger partial charge is 0.231 e. The number of amides is 1. The Balaban J connectivity index is 3.03. The maximum Gasteiger partial charge on any atom is 0.231 e. The van der Waals surface area contributed by atoms with Gasteiger partial charge in [0.2, 0.25) is 11.7 Å². The molecule has 112 valence electrons. The molecule has 0 heterocycles. The van der Waals surface area contributed by atoms with Crippen LogP contribution in [0.2, 0.25) is 0 Å². The van der Waals surface area contributed by atoms with Crippen LogP contribution in [-0.2, 0) is 11.3 Å². The number of phenols is 1. The van der Waals surface area contributed by atoms with Crippen LogP contribution in [0.25, 0.3) is 0 Å². The molecule has 0 radical (unpaired) electrons. The van der Waals surface area contributed by atoms with Crippen LogP contribution in [0, 0.1) is 0 Å². The third kappa shape index (κ3) is 4.03. The number of ether oxygens (including phenoxy) is 2. The average molecular weight is 282 g/mol. The zero-order valence-electron chi connectivity index (χ0n) is 12.3. The maximum atomic E-state index is 11.1. The molecule has 1 aromatic rings. The highest BCUT2D eigenvalue weighted by atomic mass is 16.5. The van der Waals surface area contributed by atoms with Gasteiger partial charge in [0.15, 0.2) is 11.5 Å². The summed E-state index contributed by atoms with van der Waals surface area (Å²) in [6.07, 6.45) is 0. The Morgan fingerprint density at radius 3 is 2.15 bits per heavy atom. The molecule has 1 aromatic carbocycles. The summed E-state index contributed by atoms with van der Waals surface area (Å²) in [6, 6.07) is 3.59. The summed E-state index contributed by atoms with van der Waals surface area (Å²) in [5, 5.41) is 9.86. The van der Waals surface area contributed by atoms with Crippen LogP contribution in [-0.4, -0.2) is 42.7 Å². The van der Waals surface area contributed by atoms with Crippen molar-refractivity contribution in [1.29, 1.82) is 0 Å². The second-order valence-electron chi connectivity index (χ2n) is 4.81. The molecule has 0 aliphatic rings. The number of primary amides is 1. The van der Waals surface area contributed by atoms with Crippen LogP contribution in [0.4, 0.5) is 0 Å². The molecule has 0 spiro atoms. The predicted molar refractivity (Wildman–Crippen MR) is 76.0 cm³/mol. The number of hydrogen-bond acceptors (Lipinski definition) is 5. The van der Waals surface area contributed by atoms with Gasteiger partial charge in [-0.05, 0) is 31.5 Å². The number of carbonyl (C=O) groups is 1. The molecule has 0 atom stereocenters. The molecule has 0 saturated carbocycles. The summed E-state index contributed by atoms with van der Waals surface area (Å²) < 4.78 is 10.2. The molecule has 0 bridgehead atoms. The largest absolute Gasteiger partial charge is 0.502 e. The average Bonchev–Trinajstić information content (AvgIpc) is 2.38. The van der Waals surface area contributed by atoms with Gasteiger partial charge in [-0.15, -0.1) is 0 Å². The minimum atomic E-state index is -0.378. The number of nitrogens with two attached hydrogens (primary N) is 1. The molecule has 0 saturated heterocycles. The number of phenolic OH excluding ortho intramolecular Hbond substituents is 1. The van der Waals surface area contributed by atoms with Gasteiger partial charge in [0, 0.05) is 12.6 Å². The van der Waals surface area contributed by atoms with Gasteiger partial charge >= 0.3 is 0 Å². The third-order valence-electron chi connectivity index (χ3n) is 3.01. The van der Waals surface area contributed by atoms with E-state index >= 15 is 0 Å². The van der Waals surface area contributed by atoms with Gasteiger partial charge < -0.3 is 20.3 Å². The lowest BCUT2D eigenvalue weighted by Gasteiger charge is -2.25. The van der Waals surface area contributed by atoms with Crippen LogP contribution < -0.4 is 15.2 Å². The van der Waals surface area contributed by atoms with E-state index in [0.717, 1.165) is 5.56 Å². The van der Waals surface area contributed by atoms with Crippen LogP contribution in [0.5, 0.6) is 17.2 Å². The van der Waals surface area contributed by atoms with Gasteiger partial charge in [-0.1, -0.05) is 0 Å². The molecular weight excluding hydrogens is 260 g/mol. The highest BCUT2D eigenvalue weighted by molar-refractivity contribution is 5.76. The summed E-state index contributed by atoms with van der Waals surface area (Å²) in [4.78, 5) is 13.0. The number of carbonyl (C=O) groups excluding carboxylic acids is 1. The zero-order chi connectivity index (χ0) is 15.3. The molecule has 0 aliphatic heterocycles. The van der Waals surface area contributed by atoms with E-state index in [-0.39, 0.29) is 24.2 Å². The molecule has 0 fully saturated rings. The van der Waals surface area contributed by atoms with Gasteiger partial charge in [0.1, 0.15) is 0 Å². The van der Waals surface area contributed by atoms with Crippen LogP contribution in [0.3, 0.4) is 0 Å². The van der Waals surface area contributed by atoms with E-state index in [0.29, 0.717) is 18.0 Å². The van der Waals surface area contributed by atoms with Crippen LogP contribution in [0.1, 0.15) is 19.4 Å². The fourth-order valence-corrected chi connectivity index (χ4v) is 1.89. The Morgan fingerprint density at radius 1 is 1.30 bits per heavy atom. The van der Waals surface area contributed by atoms with Gasteiger partial charge in [0.05, 0.1) is 20.8 Å². The van der Waals surface area contributed by atoms with Crippen molar-refractivity contribution in [3.63, 3.8) is 0 Å². The van der Waals surface area contributed by atoms with E-state index in [1.807, 2.05) is 18.7 Å². The Bertz CT molecular complexity index is 449. The third-order valence-corrected chi connectivity index (χ3v) is 3.01. The number of rotatable bonds is 7. The van der Waals surface area contributed by atoms with E-state index in [9.17, 15) is 9.90 Å². The lowest BCUT2D eigenvalue weighted by Crippen LogP contribution is -2.37. The molecule has 0 aliphatic carbocycles. The molecular formula is C14H22N2O4. The predicted octanol–water partition coefficient (Wildman–Crippen LogP) is 1.11. The highest BCUT2D eigenvalue weighted by Crippen LogP contribution is 2.37. The number of aromatic hydroxyl groups is 1. The minimum Gasteiger partial charge on any atom is -0.502 e. The van der Waals surface area contributed by atoms with Crippen molar-refractivity contribution in [2.75, 3.05) is 20.8 Å². The first-order valence-electron chi connectivity index (χ1n) is 6.35. The highest BCUT2D eigenvalue weighted by Gasteiger charge is 2.16. The molecule has 20 heavy (non-hydrogen) atoms. The number of nitrogens with zero attached hydrogens (tertiary/aromatic N) is 1. The Morgan fingerprint density at radius 2 is 1.80 bits per heavy atom. The second-order valence-corrected chi connectivity index (χ2v) is 4.81. The maximum absolute atomic E-state index is 11.1. The monoisotopic (exact) mass is 282 g/mol. The fraction of sp³-hybridized carbons (Fsp3) is 0.500. The van der Waals surface area contributed by atoms with Gasteiger partial charge in [-0.3, -0.25) is 9.69 Å². The van der Waals surface area contributed by atoms with Crippen molar-refractivity contribution < 1.29 is 19.4 Å². The summed E-state index contributed by atoms with van der Waals surface area (Å²) in [6.45, 7) is 4.65. The van der Waals surface area contributed by atoms with Crippen molar-refractivity contribution in [2.45, 2.75) is 26.4 Å². The van der Waals surface area contributed by atoms with Crippen molar-refractivity contribution >= 4 is 5.91 Å². The number of benzene rings is 1. The standard InChI is InChI=1S/C14H22N2O4/c1-9(2)16(8-13(15)17)7-10-5-11(19-3)14(18)12(6-10)20-4/h5-6,9,18H,7-8H2,1-4H3,(H2,15,17). The molecule has 0 aromatic heterocycles. The van der Waals surface area contributed by atoms with E-state index in [4.69, 9.17) is 15.2 Å². The zero-order valence-corrected chi connectivity index (χ0v) is 12.3. The van der Waals surface area contributed by atoms with Crippen molar-refractivity contribution in [2.24, 2.45) is 5.73 Å². The Labute approximate surface area is 119 Å². The lowest BCUT2D eigenvalue weighted by atomic mass is 10.1. The Kier molecular flexibility index (Phi) is 5.64. The first-order chi connectivity index (χ1) is 9.38. The van der Waals surface area contributed by atoms with Crippen molar-refractivity contribution in [3.8, 4) is 17.2 Å². The summed E-state index contributed by atoms with van der Waals surface area (Å²) in [5.74, 6) is 0.255. The quantitative estimate of drug-likeness (QED) is 0.782. The minimum absolute atomic E-state index is 0.0373. The Hall–Kier alpha value is -1.95. The summed E-state index contributed by atoms with van der Waals surface area (Å²) >= 11 is 0. The normalized spacial score (nSPS) is 10.9. The van der Waals surface area contributed by atoms with Gasteiger partial charge in [-0.25, -0.2) is 0 Å². The first kappa shape index (κ1) is 16.1. The fourth-order valence-electron chi connectivity index (χ4n) is 1.89. The van der Waals surface area contributed by atoms with E-state index in [1.165, 1.54) is 14.2 Å². The van der Waals surface area contributed by atoms with Gasteiger partial charge in [0.25, 0.3) is 0 Å². The number of methoxy groups -OCH3 is 2. The molecule has 6 nitrogen and oxygen atoms in total. The first-order valence-corrected chi connectivity index (χ1v) is 6.35.